The van der Waals surface area contributed by atoms with Crippen molar-refractivity contribution >= 4 is 17.5 Å². The Morgan fingerprint density at radius 1 is 1.25 bits per heavy atom. The molecule has 0 amide bonds. The number of nitrogens with one attached hydrogen (secondary N) is 1. The van der Waals surface area contributed by atoms with Crippen LogP contribution in [0.25, 0.3) is 5.32 Å². The first-order chi connectivity index (χ1) is 9.74. The molecule has 0 spiro atoms. The lowest BCUT2D eigenvalue weighted by Gasteiger charge is -2.15. The predicted molar refractivity (Wildman–Crippen MR) is 74.7 cm³/mol. The van der Waals surface area contributed by atoms with E-state index in [0.717, 1.165) is 5.56 Å². The van der Waals surface area contributed by atoms with Crippen LogP contribution in [-0.2, 0) is 6.54 Å². The lowest BCUT2D eigenvalue weighted by molar-refractivity contribution is 0.287. The van der Waals surface area contributed by atoms with E-state index in [1.807, 2.05) is 19.9 Å². The molecule has 0 aliphatic heterocycles. The zero-order valence-electron chi connectivity index (χ0n) is 11.3. The number of ether oxygens (including phenoxy) is 2. The van der Waals surface area contributed by atoms with E-state index in [4.69, 9.17) is 21.1 Å². The molecule has 0 saturated carbocycles. The summed E-state index contributed by atoms with van der Waals surface area (Å²) in [7, 11) is 0. The third-order valence-electron chi connectivity index (χ3n) is 2.40. The van der Waals surface area contributed by atoms with E-state index in [-0.39, 0.29) is 0 Å². The van der Waals surface area contributed by atoms with Crippen LogP contribution >= 0.6 is 11.6 Å². The molecule has 108 valence electrons. The maximum Gasteiger partial charge on any atom is 0.179 e. The molecule has 0 saturated heterocycles. The second-order valence-electron chi connectivity index (χ2n) is 3.80. The number of tetrazole rings is 1. The number of aromatic amines is 1. The summed E-state index contributed by atoms with van der Waals surface area (Å²) >= 11 is 6.21. The maximum absolute atomic E-state index is 6.21. The van der Waals surface area contributed by atoms with E-state index >= 15 is 0 Å². The smallest absolute Gasteiger partial charge is 0.179 e. The van der Waals surface area contributed by atoms with Crippen LogP contribution in [0.15, 0.2) is 12.1 Å². The van der Waals surface area contributed by atoms with Crippen LogP contribution in [0.1, 0.15) is 19.4 Å². The minimum atomic E-state index is 0.299. The molecule has 1 heterocycles. The Balaban J connectivity index is 2.16. The highest BCUT2D eigenvalue weighted by atomic mass is 35.5. The van der Waals surface area contributed by atoms with Gasteiger partial charge in [0.25, 0.3) is 0 Å². The summed E-state index contributed by atoms with van der Waals surface area (Å²) in [5.74, 6) is 1.47. The largest absolute Gasteiger partial charge is 0.490 e. The van der Waals surface area contributed by atoms with Crippen molar-refractivity contribution in [2.75, 3.05) is 13.2 Å². The quantitative estimate of drug-likeness (QED) is 0.849. The van der Waals surface area contributed by atoms with Gasteiger partial charge in [0.15, 0.2) is 11.5 Å². The number of nitrogens with zero attached hydrogens (tertiary/aromatic N) is 4. The van der Waals surface area contributed by atoms with Crippen molar-refractivity contribution in [2.24, 2.45) is 0 Å². The molecule has 1 aromatic carbocycles. The van der Waals surface area contributed by atoms with Crippen LogP contribution in [0.5, 0.6) is 11.5 Å². The Morgan fingerprint density at radius 3 is 2.70 bits per heavy atom. The van der Waals surface area contributed by atoms with E-state index in [9.17, 15) is 0 Å². The first kappa shape index (κ1) is 14.4. The summed E-state index contributed by atoms with van der Waals surface area (Å²) < 4.78 is 11.0. The average Bonchev–Trinajstić information content (AvgIpc) is 2.94. The third-order valence-corrected chi connectivity index (χ3v) is 2.68. The molecule has 0 radical (unpaired) electrons. The molecule has 2 rings (SSSR count). The van der Waals surface area contributed by atoms with Gasteiger partial charge in [0.1, 0.15) is 0 Å². The monoisotopic (exact) mass is 296 g/mol. The molecular formula is C12H15ClN5O2-. The van der Waals surface area contributed by atoms with Crippen molar-refractivity contribution in [1.82, 2.24) is 20.6 Å². The average molecular weight is 297 g/mol. The molecule has 0 unspecified atom stereocenters. The highest BCUT2D eigenvalue weighted by Crippen LogP contribution is 2.37. The Labute approximate surface area is 121 Å². The zero-order chi connectivity index (χ0) is 14.4. The van der Waals surface area contributed by atoms with Crippen LogP contribution in [0.4, 0.5) is 5.95 Å². The van der Waals surface area contributed by atoms with Crippen molar-refractivity contribution in [3.63, 3.8) is 0 Å². The van der Waals surface area contributed by atoms with Crippen LogP contribution in [0.3, 0.4) is 0 Å². The van der Waals surface area contributed by atoms with Gasteiger partial charge in [-0.1, -0.05) is 11.6 Å². The predicted octanol–water partition coefficient (Wildman–Crippen LogP) is 2.86. The fourth-order valence-corrected chi connectivity index (χ4v) is 1.93. The Hall–Kier alpha value is -2.02. The third kappa shape index (κ3) is 3.51. The maximum atomic E-state index is 6.21. The van der Waals surface area contributed by atoms with Crippen LogP contribution in [0, 0.1) is 0 Å². The molecule has 20 heavy (non-hydrogen) atoms. The van der Waals surface area contributed by atoms with Gasteiger partial charge in [0, 0.05) is 6.54 Å². The molecular weight excluding hydrogens is 282 g/mol. The van der Waals surface area contributed by atoms with Gasteiger partial charge in [-0.05, 0) is 31.5 Å². The Morgan fingerprint density at radius 2 is 2.05 bits per heavy atom. The number of hydrogen-bond donors (Lipinski definition) is 1. The Kier molecular flexibility index (Phi) is 5.00. The van der Waals surface area contributed by atoms with Crippen LogP contribution in [0.2, 0.25) is 5.02 Å². The molecule has 0 fully saturated rings. The van der Waals surface area contributed by atoms with Gasteiger partial charge in [-0.3, -0.25) is 15.4 Å². The summed E-state index contributed by atoms with van der Waals surface area (Å²) in [6.07, 6.45) is 0. The highest BCUT2D eigenvalue weighted by molar-refractivity contribution is 6.32. The second kappa shape index (κ2) is 6.95. The van der Waals surface area contributed by atoms with Gasteiger partial charge in [-0.25, -0.2) is 0 Å². The van der Waals surface area contributed by atoms with E-state index in [1.54, 1.807) is 6.07 Å². The highest BCUT2D eigenvalue weighted by Gasteiger charge is 2.11. The van der Waals surface area contributed by atoms with Crippen molar-refractivity contribution in [3.05, 3.63) is 28.0 Å². The van der Waals surface area contributed by atoms with E-state index < -0.39 is 0 Å². The van der Waals surface area contributed by atoms with Gasteiger partial charge in [0.2, 0.25) is 0 Å². The molecule has 1 aromatic heterocycles. The molecule has 0 aliphatic carbocycles. The summed E-state index contributed by atoms with van der Waals surface area (Å²) in [6.45, 7) is 5.23. The molecule has 2 aromatic rings. The number of benzene rings is 1. The standard InChI is InChI=1S/C12H15ClN5O2/c1-3-19-10-6-8(5-9(13)11(10)20-4-2)7-14-12-15-17-18-16-12/h5-6H,3-4,7H2,1-2H3,(H-,14,15,16,17,18)/q-1. The van der Waals surface area contributed by atoms with Gasteiger partial charge in [-0.2, -0.15) is 0 Å². The molecule has 7 nitrogen and oxygen atoms in total. The topological polar surface area (TPSA) is 87.0 Å². The first-order valence-corrected chi connectivity index (χ1v) is 6.61. The number of hydrogen-bond acceptors (Lipinski definition) is 5. The molecule has 8 heteroatoms. The van der Waals surface area contributed by atoms with Gasteiger partial charge in [0.05, 0.1) is 24.2 Å². The lowest BCUT2D eigenvalue weighted by Crippen LogP contribution is -2.00. The molecule has 1 N–H and O–H groups in total. The Bertz CT molecular complexity index is 547. The number of rotatable bonds is 7. The van der Waals surface area contributed by atoms with E-state index in [0.29, 0.717) is 42.2 Å². The van der Waals surface area contributed by atoms with Crippen molar-refractivity contribution in [2.45, 2.75) is 20.4 Å². The van der Waals surface area contributed by atoms with Crippen LogP contribution in [-0.4, -0.2) is 33.8 Å². The minimum absolute atomic E-state index is 0.299. The summed E-state index contributed by atoms with van der Waals surface area (Å²) in [5.41, 5.74) is 0.881. The first-order valence-electron chi connectivity index (χ1n) is 6.23. The van der Waals surface area contributed by atoms with Gasteiger partial charge >= 0.3 is 0 Å². The fourth-order valence-electron chi connectivity index (χ4n) is 1.65. The van der Waals surface area contributed by atoms with Crippen LogP contribution < -0.4 is 9.47 Å². The number of aromatic nitrogens is 4. The van der Waals surface area contributed by atoms with Gasteiger partial charge < -0.3 is 14.8 Å². The normalized spacial score (nSPS) is 10.3. The summed E-state index contributed by atoms with van der Waals surface area (Å²) in [6, 6.07) is 3.64. The summed E-state index contributed by atoms with van der Waals surface area (Å²) in [5, 5.41) is 18.0. The zero-order valence-corrected chi connectivity index (χ0v) is 12.0. The second-order valence-corrected chi connectivity index (χ2v) is 4.21. The van der Waals surface area contributed by atoms with Crippen molar-refractivity contribution in [1.29, 1.82) is 0 Å². The molecule has 0 aliphatic rings. The van der Waals surface area contributed by atoms with E-state index in [1.165, 1.54) is 0 Å². The van der Waals surface area contributed by atoms with Crippen molar-refractivity contribution < 1.29 is 9.47 Å². The minimum Gasteiger partial charge on any atom is -0.490 e. The summed E-state index contributed by atoms with van der Waals surface area (Å²) in [4.78, 5) is 0. The fraction of sp³-hybridized carbons (Fsp3) is 0.417. The molecule has 0 atom stereocenters. The number of H-pyrrole nitrogens is 1. The molecule has 0 bridgehead atoms. The lowest BCUT2D eigenvalue weighted by atomic mass is 10.2. The SMILES string of the molecule is CCOc1cc(C[N-]c2nn[nH]n2)cc(Cl)c1OCC. The number of halogens is 1. The van der Waals surface area contributed by atoms with Crippen molar-refractivity contribution in [3.8, 4) is 11.5 Å². The van der Waals surface area contributed by atoms with E-state index in [2.05, 4.69) is 25.9 Å². The van der Waals surface area contributed by atoms with Gasteiger partial charge in [-0.15, -0.1) is 5.21 Å².